The molecule has 1 heterocycles. The van der Waals surface area contributed by atoms with Gasteiger partial charge in [0, 0.05) is 6.07 Å². The third-order valence-electron chi connectivity index (χ3n) is 2.69. The molecule has 1 N–H and O–H groups in total. The fraction of sp³-hybridized carbons (Fsp3) is 0.0769. The largest absolute Gasteiger partial charge is 0.321 e. The van der Waals surface area contributed by atoms with Gasteiger partial charge in [-0.2, -0.15) is 0 Å². The van der Waals surface area contributed by atoms with Gasteiger partial charge in [0.15, 0.2) is 0 Å². The SMILES string of the molecule is Cc1cc(NC(=O)c2cccc([N+](=O)[O-])c2Br)cnc1Br. The Bertz CT molecular complexity index is 735. The van der Waals surface area contributed by atoms with Crippen molar-refractivity contribution in [3.8, 4) is 0 Å². The van der Waals surface area contributed by atoms with Gasteiger partial charge in [0.2, 0.25) is 0 Å². The molecule has 0 saturated heterocycles. The minimum absolute atomic E-state index is 0.147. The van der Waals surface area contributed by atoms with Crippen molar-refractivity contribution in [1.29, 1.82) is 0 Å². The summed E-state index contributed by atoms with van der Waals surface area (Å²) in [4.78, 5) is 26.6. The topological polar surface area (TPSA) is 85.1 Å². The van der Waals surface area contributed by atoms with Crippen molar-refractivity contribution in [1.82, 2.24) is 4.98 Å². The molecule has 0 saturated carbocycles. The first-order valence-corrected chi connectivity index (χ1v) is 7.35. The normalized spacial score (nSPS) is 10.2. The number of carbonyl (C=O) groups is 1. The molecular weight excluding hydrogens is 406 g/mol. The Kier molecular flexibility index (Phi) is 4.69. The number of hydrogen-bond donors (Lipinski definition) is 1. The number of nitro groups is 1. The van der Waals surface area contributed by atoms with Crippen molar-refractivity contribution in [2.75, 3.05) is 5.32 Å². The Morgan fingerprint density at radius 3 is 2.71 bits per heavy atom. The van der Waals surface area contributed by atoms with E-state index in [0.717, 1.165) is 5.56 Å². The monoisotopic (exact) mass is 413 g/mol. The number of nitro benzene ring substituents is 1. The number of hydrogen-bond acceptors (Lipinski definition) is 4. The number of amides is 1. The first kappa shape index (κ1) is 15.6. The molecule has 2 aromatic rings. The van der Waals surface area contributed by atoms with Gasteiger partial charge in [-0.3, -0.25) is 14.9 Å². The summed E-state index contributed by atoms with van der Waals surface area (Å²) in [5.74, 6) is -0.450. The van der Waals surface area contributed by atoms with Crippen LogP contribution in [-0.4, -0.2) is 15.8 Å². The van der Waals surface area contributed by atoms with E-state index >= 15 is 0 Å². The number of carbonyl (C=O) groups excluding carboxylic acids is 1. The number of halogens is 2. The van der Waals surface area contributed by atoms with Crippen LogP contribution in [0.5, 0.6) is 0 Å². The molecule has 1 aromatic heterocycles. The van der Waals surface area contributed by atoms with E-state index in [1.54, 1.807) is 6.07 Å². The van der Waals surface area contributed by atoms with E-state index in [4.69, 9.17) is 0 Å². The van der Waals surface area contributed by atoms with E-state index in [0.29, 0.717) is 10.3 Å². The van der Waals surface area contributed by atoms with Gasteiger partial charge >= 0.3 is 0 Å². The quantitative estimate of drug-likeness (QED) is 0.465. The highest BCUT2D eigenvalue weighted by Gasteiger charge is 2.19. The number of aromatic nitrogens is 1. The van der Waals surface area contributed by atoms with Crippen LogP contribution in [0, 0.1) is 17.0 Å². The van der Waals surface area contributed by atoms with Gasteiger partial charge in [0.05, 0.1) is 22.4 Å². The van der Waals surface area contributed by atoms with Crippen LogP contribution in [0.1, 0.15) is 15.9 Å². The second kappa shape index (κ2) is 6.31. The molecule has 0 bridgehead atoms. The van der Waals surface area contributed by atoms with E-state index in [9.17, 15) is 14.9 Å². The lowest BCUT2D eigenvalue weighted by Gasteiger charge is -2.08. The van der Waals surface area contributed by atoms with Crippen LogP contribution >= 0.6 is 31.9 Å². The van der Waals surface area contributed by atoms with Crippen molar-refractivity contribution in [3.05, 3.63) is 60.8 Å². The second-order valence-electron chi connectivity index (χ2n) is 4.18. The molecule has 0 spiro atoms. The summed E-state index contributed by atoms with van der Waals surface area (Å²) in [6.07, 6.45) is 1.50. The minimum Gasteiger partial charge on any atom is -0.321 e. The van der Waals surface area contributed by atoms with Gasteiger partial charge < -0.3 is 5.32 Å². The molecule has 8 heteroatoms. The molecule has 2 rings (SSSR count). The molecule has 0 aliphatic heterocycles. The van der Waals surface area contributed by atoms with E-state index < -0.39 is 10.8 Å². The van der Waals surface area contributed by atoms with Crippen LogP contribution in [0.25, 0.3) is 0 Å². The molecule has 0 aliphatic carbocycles. The predicted molar refractivity (Wildman–Crippen MR) is 85.4 cm³/mol. The zero-order valence-electron chi connectivity index (χ0n) is 10.8. The van der Waals surface area contributed by atoms with Crippen LogP contribution in [0.3, 0.4) is 0 Å². The summed E-state index contributed by atoms with van der Waals surface area (Å²) in [5, 5.41) is 13.5. The highest BCUT2D eigenvalue weighted by molar-refractivity contribution is 9.10. The molecule has 0 fully saturated rings. The highest BCUT2D eigenvalue weighted by Crippen LogP contribution is 2.29. The summed E-state index contributed by atoms with van der Waals surface area (Å²) in [7, 11) is 0. The Balaban J connectivity index is 2.30. The average Bonchev–Trinajstić information content (AvgIpc) is 2.42. The Labute approximate surface area is 137 Å². The van der Waals surface area contributed by atoms with Crippen LogP contribution in [0.2, 0.25) is 0 Å². The van der Waals surface area contributed by atoms with Gasteiger partial charge in [-0.15, -0.1) is 0 Å². The molecule has 1 amide bonds. The van der Waals surface area contributed by atoms with Crippen molar-refractivity contribution >= 4 is 49.1 Å². The standard InChI is InChI=1S/C13H9Br2N3O3/c1-7-5-8(6-16-12(7)15)17-13(19)9-3-2-4-10(11(9)14)18(20)21/h2-6H,1H3,(H,17,19). The van der Waals surface area contributed by atoms with Crippen molar-refractivity contribution in [2.24, 2.45) is 0 Å². The smallest absolute Gasteiger partial charge is 0.284 e. The number of aryl methyl sites for hydroxylation is 1. The first-order chi connectivity index (χ1) is 9.90. The average molecular weight is 415 g/mol. The maximum Gasteiger partial charge on any atom is 0.284 e. The van der Waals surface area contributed by atoms with Crippen LogP contribution in [-0.2, 0) is 0 Å². The Morgan fingerprint density at radius 1 is 1.38 bits per heavy atom. The number of nitrogens with zero attached hydrogens (tertiary/aromatic N) is 2. The Morgan fingerprint density at radius 2 is 2.10 bits per heavy atom. The summed E-state index contributed by atoms with van der Waals surface area (Å²) in [6, 6.07) is 6.04. The van der Waals surface area contributed by atoms with E-state index in [1.807, 2.05) is 6.92 Å². The maximum absolute atomic E-state index is 12.2. The van der Waals surface area contributed by atoms with Crippen molar-refractivity contribution < 1.29 is 9.72 Å². The third-order valence-corrected chi connectivity index (χ3v) is 4.36. The number of rotatable bonds is 3. The molecule has 1 aromatic carbocycles. The van der Waals surface area contributed by atoms with Gasteiger partial charge in [-0.1, -0.05) is 6.07 Å². The molecule has 21 heavy (non-hydrogen) atoms. The molecule has 0 aliphatic rings. The minimum atomic E-state index is -0.549. The first-order valence-electron chi connectivity index (χ1n) is 5.76. The molecule has 0 unspecified atom stereocenters. The molecule has 0 atom stereocenters. The third kappa shape index (κ3) is 3.45. The summed E-state index contributed by atoms with van der Waals surface area (Å²) >= 11 is 6.37. The lowest BCUT2D eigenvalue weighted by molar-refractivity contribution is -0.385. The van der Waals surface area contributed by atoms with Crippen LogP contribution in [0.4, 0.5) is 11.4 Å². The van der Waals surface area contributed by atoms with Crippen LogP contribution in [0.15, 0.2) is 39.5 Å². The molecular formula is C13H9Br2N3O3. The fourth-order valence-electron chi connectivity index (χ4n) is 1.66. The van der Waals surface area contributed by atoms with Gasteiger partial charge in [-0.05, 0) is 56.5 Å². The van der Waals surface area contributed by atoms with Crippen LogP contribution < -0.4 is 5.32 Å². The second-order valence-corrected chi connectivity index (χ2v) is 5.73. The van der Waals surface area contributed by atoms with E-state index in [-0.39, 0.29) is 15.7 Å². The number of anilines is 1. The predicted octanol–water partition coefficient (Wildman–Crippen LogP) is 4.08. The van der Waals surface area contributed by atoms with Crippen molar-refractivity contribution in [2.45, 2.75) is 6.92 Å². The molecule has 108 valence electrons. The fourth-order valence-corrected chi connectivity index (χ4v) is 2.47. The van der Waals surface area contributed by atoms with Gasteiger partial charge in [-0.25, -0.2) is 4.98 Å². The van der Waals surface area contributed by atoms with Crippen molar-refractivity contribution in [3.63, 3.8) is 0 Å². The van der Waals surface area contributed by atoms with Gasteiger partial charge in [0.25, 0.3) is 11.6 Å². The Hall–Kier alpha value is -1.80. The molecule has 6 nitrogen and oxygen atoms in total. The molecule has 0 radical (unpaired) electrons. The highest BCUT2D eigenvalue weighted by atomic mass is 79.9. The van der Waals surface area contributed by atoms with E-state index in [1.165, 1.54) is 24.4 Å². The van der Waals surface area contributed by atoms with Gasteiger partial charge in [0.1, 0.15) is 9.08 Å². The number of benzene rings is 1. The maximum atomic E-state index is 12.2. The zero-order valence-corrected chi connectivity index (χ0v) is 13.9. The zero-order chi connectivity index (χ0) is 15.6. The van der Waals surface area contributed by atoms with E-state index in [2.05, 4.69) is 42.2 Å². The lowest BCUT2D eigenvalue weighted by atomic mass is 10.2. The summed E-state index contributed by atoms with van der Waals surface area (Å²) in [5.41, 5.74) is 1.41. The summed E-state index contributed by atoms with van der Waals surface area (Å²) in [6.45, 7) is 1.84. The number of nitrogens with one attached hydrogen (secondary N) is 1. The lowest BCUT2D eigenvalue weighted by Crippen LogP contribution is -2.13. The number of pyridine rings is 1. The summed E-state index contributed by atoms with van der Waals surface area (Å²) < 4.78 is 0.839.